The van der Waals surface area contributed by atoms with E-state index in [0.717, 1.165) is 5.56 Å². The number of carboxylic acid groups (broad SMARTS) is 1. The monoisotopic (exact) mass is 414 g/mol. The molecule has 0 saturated heterocycles. The van der Waals surface area contributed by atoms with Crippen LogP contribution in [0.5, 0.6) is 11.5 Å². The molecule has 0 heterocycles. The number of carboxylic acids is 1. The largest absolute Gasteiger partial charge is 0.493 e. The smallest absolute Gasteiger partial charge is 0.344 e. The fourth-order valence-electron chi connectivity index (χ4n) is 2.38. The predicted molar refractivity (Wildman–Crippen MR) is 109 cm³/mol. The number of para-hydroxylation sites is 1. The van der Waals surface area contributed by atoms with Gasteiger partial charge in [0.2, 0.25) is 0 Å². The van der Waals surface area contributed by atoms with Gasteiger partial charge in [-0.3, -0.25) is 4.79 Å². The van der Waals surface area contributed by atoms with Crippen molar-refractivity contribution in [1.29, 1.82) is 5.26 Å². The van der Waals surface area contributed by atoms with Crippen molar-refractivity contribution in [3.05, 3.63) is 58.1 Å². The number of methoxy groups -OCH3 is 1. The normalized spacial score (nSPS) is 11.9. The third kappa shape index (κ3) is 5.50. The maximum Gasteiger partial charge on any atom is 0.344 e. The van der Waals surface area contributed by atoms with Crippen molar-refractivity contribution >= 4 is 35.2 Å². The second-order valence-corrected chi connectivity index (χ2v) is 6.50. The van der Waals surface area contributed by atoms with E-state index in [9.17, 15) is 14.9 Å². The van der Waals surface area contributed by atoms with Gasteiger partial charge in [0.1, 0.15) is 11.6 Å². The van der Waals surface area contributed by atoms with E-state index in [4.69, 9.17) is 26.2 Å². The Morgan fingerprint density at radius 2 is 2.03 bits per heavy atom. The molecular weight excluding hydrogens is 396 g/mol. The fourth-order valence-corrected chi connectivity index (χ4v) is 2.56. The Bertz CT molecular complexity index is 1010. The first-order valence-corrected chi connectivity index (χ1v) is 8.90. The zero-order chi connectivity index (χ0) is 21.6. The molecule has 8 heteroatoms. The van der Waals surface area contributed by atoms with E-state index in [1.807, 2.05) is 6.07 Å². The van der Waals surface area contributed by atoms with Crippen LogP contribution in [0, 0.1) is 18.3 Å². The van der Waals surface area contributed by atoms with Crippen molar-refractivity contribution < 1.29 is 24.2 Å². The summed E-state index contributed by atoms with van der Waals surface area (Å²) in [5.74, 6) is -1.42. The Labute approximate surface area is 173 Å². The lowest BCUT2D eigenvalue weighted by atomic mass is 10.1. The minimum absolute atomic E-state index is 0.115. The first kappa shape index (κ1) is 21.8. The van der Waals surface area contributed by atoms with E-state index in [2.05, 4.69) is 5.32 Å². The Morgan fingerprint density at radius 3 is 2.66 bits per heavy atom. The van der Waals surface area contributed by atoms with Crippen LogP contribution in [0.15, 0.2) is 42.0 Å². The molecule has 1 amide bonds. The number of rotatable bonds is 7. The number of aryl methyl sites for hydroxylation is 1. The average molecular weight is 415 g/mol. The van der Waals surface area contributed by atoms with E-state index in [-0.39, 0.29) is 17.1 Å². The number of carbonyl (C=O) groups excluding carboxylic acids is 1. The lowest BCUT2D eigenvalue weighted by Gasteiger charge is -2.16. The molecule has 0 aromatic heterocycles. The number of nitriles is 1. The summed E-state index contributed by atoms with van der Waals surface area (Å²) >= 11 is 5.96. The molecule has 0 saturated carbocycles. The molecule has 0 radical (unpaired) electrons. The molecule has 2 N–H and O–H groups in total. The van der Waals surface area contributed by atoms with Crippen LogP contribution in [-0.4, -0.2) is 30.2 Å². The van der Waals surface area contributed by atoms with Gasteiger partial charge in [-0.2, -0.15) is 5.26 Å². The molecule has 1 atom stereocenters. The van der Waals surface area contributed by atoms with Gasteiger partial charge in [-0.15, -0.1) is 0 Å². The molecule has 0 spiro atoms. The van der Waals surface area contributed by atoms with Crippen LogP contribution in [0.1, 0.15) is 18.1 Å². The number of nitrogens with one attached hydrogen (secondary N) is 1. The van der Waals surface area contributed by atoms with E-state index in [0.29, 0.717) is 16.3 Å². The highest BCUT2D eigenvalue weighted by Gasteiger charge is 2.19. The molecule has 2 aromatic carbocycles. The summed E-state index contributed by atoms with van der Waals surface area (Å²) in [5, 5.41) is 21.7. The van der Waals surface area contributed by atoms with Crippen LogP contribution in [0.2, 0.25) is 5.02 Å². The minimum atomic E-state index is -1.17. The number of amides is 1. The van der Waals surface area contributed by atoms with E-state index in [1.165, 1.54) is 20.1 Å². The molecule has 2 aromatic rings. The summed E-state index contributed by atoms with van der Waals surface area (Å²) < 4.78 is 10.7. The summed E-state index contributed by atoms with van der Waals surface area (Å²) in [6.07, 6.45) is 0.147. The van der Waals surface area contributed by atoms with Crippen LogP contribution < -0.4 is 14.8 Å². The van der Waals surface area contributed by atoms with Gasteiger partial charge >= 0.3 is 5.97 Å². The lowest BCUT2D eigenvalue weighted by Crippen LogP contribution is -2.23. The van der Waals surface area contributed by atoms with Gasteiger partial charge < -0.3 is 19.9 Å². The maximum atomic E-state index is 12.6. The zero-order valence-corrected chi connectivity index (χ0v) is 16.8. The molecule has 0 aliphatic carbocycles. The number of carbonyl (C=O) groups is 2. The summed E-state index contributed by atoms with van der Waals surface area (Å²) in [5.41, 5.74) is 1.38. The first-order chi connectivity index (χ1) is 13.8. The number of hydrogen-bond acceptors (Lipinski definition) is 5. The summed E-state index contributed by atoms with van der Waals surface area (Å²) in [6, 6.07) is 11.7. The van der Waals surface area contributed by atoms with E-state index in [1.54, 1.807) is 43.3 Å². The van der Waals surface area contributed by atoms with Gasteiger partial charge in [-0.05, 0) is 43.7 Å². The lowest BCUT2D eigenvalue weighted by molar-refractivity contribution is -0.144. The Balaban J connectivity index is 2.42. The molecular formula is C21H19ClN2O5. The van der Waals surface area contributed by atoms with E-state index >= 15 is 0 Å². The van der Waals surface area contributed by atoms with Crippen LogP contribution in [0.3, 0.4) is 0 Å². The topological polar surface area (TPSA) is 109 Å². The Kier molecular flexibility index (Phi) is 7.23. The maximum absolute atomic E-state index is 12.6. The van der Waals surface area contributed by atoms with Gasteiger partial charge in [-0.1, -0.05) is 29.8 Å². The molecule has 29 heavy (non-hydrogen) atoms. The molecule has 0 aliphatic heterocycles. The average Bonchev–Trinajstić information content (AvgIpc) is 2.69. The SMILES string of the molecule is COc1cccc(/C=C(/C#N)C(=O)Nc2cc(Cl)ccc2C)c1O[C@H](C)C(=O)O. The molecule has 0 unspecified atom stereocenters. The third-order valence-corrected chi connectivity index (χ3v) is 4.22. The molecule has 0 bridgehead atoms. The number of benzene rings is 2. The van der Waals surface area contributed by atoms with E-state index < -0.39 is 18.0 Å². The highest BCUT2D eigenvalue weighted by molar-refractivity contribution is 6.31. The molecule has 7 nitrogen and oxygen atoms in total. The van der Waals surface area contributed by atoms with Gasteiger partial charge in [0.25, 0.3) is 5.91 Å². The molecule has 0 fully saturated rings. The zero-order valence-electron chi connectivity index (χ0n) is 16.0. The third-order valence-electron chi connectivity index (χ3n) is 3.98. The molecule has 0 aliphatic rings. The predicted octanol–water partition coefficient (Wildman–Crippen LogP) is 4.05. The fraction of sp³-hybridized carbons (Fsp3) is 0.190. The van der Waals surface area contributed by atoms with Crippen LogP contribution in [-0.2, 0) is 9.59 Å². The summed E-state index contributed by atoms with van der Waals surface area (Å²) in [6.45, 7) is 3.16. The summed E-state index contributed by atoms with van der Waals surface area (Å²) in [7, 11) is 1.40. The molecule has 2 rings (SSSR count). The van der Waals surface area contributed by atoms with Crippen molar-refractivity contribution in [2.24, 2.45) is 0 Å². The van der Waals surface area contributed by atoms with Crippen molar-refractivity contribution in [2.45, 2.75) is 20.0 Å². The molecule has 150 valence electrons. The standard InChI is InChI=1S/C21H19ClN2O5/c1-12-7-8-16(22)10-17(12)24-20(25)15(11-23)9-14-5-4-6-18(28-3)19(14)29-13(2)21(26)27/h4-10,13H,1-3H3,(H,24,25)(H,26,27)/b15-9-/t13-/m1/s1. The number of ether oxygens (including phenoxy) is 2. The number of halogens is 1. The van der Waals surface area contributed by atoms with Crippen molar-refractivity contribution in [3.63, 3.8) is 0 Å². The highest BCUT2D eigenvalue weighted by Crippen LogP contribution is 2.33. The van der Waals surface area contributed by atoms with Crippen LogP contribution in [0.4, 0.5) is 5.69 Å². The van der Waals surface area contributed by atoms with Gasteiger partial charge in [-0.25, -0.2) is 4.79 Å². The number of hydrogen-bond donors (Lipinski definition) is 2. The van der Waals surface area contributed by atoms with Crippen LogP contribution in [0.25, 0.3) is 6.08 Å². The minimum Gasteiger partial charge on any atom is -0.493 e. The van der Waals surface area contributed by atoms with Gasteiger partial charge in [0.15, 0.2) is 17.6 Å². The van der Waals surface area contributed by atoms with Gasteiger partial charge in [0.05, 0.1) is 7.11 Å². The van der Waals surface area contributed by atoms with Crippen molar-refractivity contribution in [2.75, 3.05) is 12.4 Å². The first-order valence-electron chi connectivity index (χ1n) is 8.52. The number of aliphatic carboxylic acids is 1. The quantitative estimate of drug-likeness (QED) is 0.522. The Morgan fingerprint density at radius 1 is 1.31 bits per heavy atom. The van der Waals surface area contributed by atoms with Crippen molar-refractivity contribution in [1.82, 2.24) is 0 Å². The second-order valence-electron chi connectivity index (χ2n) is 6.06. The van der Waals surface area contributed by atoms with Crippen molar-refractivity contribution in [3.8, 4) is 17.6 Å². The van der Waals surface area contributed by atoms with Crippen LogP contribution >= 0.6 is 11.6 Å². The van der Waals surface area contributed by atoms with Gasteiger partial charge in [0, 0.05) is 16.3 Å². The summed E-state index contributed by atoms with van der Waals surface area (Å²) in [4.78, 5) is 23.8. The number of anilines is 1. The second kappa shape index (κ2) is 9.62. The number of nitrogens with zero attached hydrogens (tertiary/aromatic N) is 1. The Hall–Kier alpha value is -3.50. The highest BCUT2D eigenvalue weighted by atomic mass is 35.5.